The number of para-hydroxylation sites is 1. The average Bonchev–Trinajstić information content (AvgIpc) is 2.74. The Labute approximate surface area is 183 Å². The lowest BCUT2D eigenvalue weighted by atomic mass is 10.2. The van der Waals surface area contributed by atoms with Gasteiger partial charge in [-0.1, -0.05) is 35.9 Å². The van der Waals surface area contributed by atoms with E-state index in [9.17, 15) is 8.42 Å². The summed E-state index contributed by atoms with van der Waals surface area (Å²) >= 11 is 0. The zero-order valence-electron chi connectivity index (χ0n) is 18.0. The van der Waals surface area contributed by atoms with Crippen LogP contribution in [0, 0.1) is 20.8 Å². The Balaban J connectivity index is 1.48. The number of nitrogens with zero attached hydrogens (tertiary/aromatic N) is 4. The first-order valence-corrected chi connectivity index (χ1v) is 11.8. The lowest BCUT2D eigenvalue weighted by Gasteiger charge is -2.34. The number of anilines is 3. The summed E-state index contributed by atoms with van der Waals surface area (Å²) in [5, 5.41) is 3.31. The molecule has 31 heavy (non-hydrogen) atoms. The number of nitrogens with one attached hydrogen (secondary N) is 1. The topological polar surface area (TPSA) is 78.4 Å². The molecule has 3 aromatic rings. The van der Waals surface area contributed by atoms with Gasteiger partial charge in [-0.05, 0) is 44.5 Å². The van der Waals surface area contributed by atoms with Crippen LogP contribution >= 0.6 is 0 Å². The van der Waals surface area contributed by atoms with Gasteiger partial charge in [0.15, 0.2) is 0 Å². The summed E-state index contributed by atoms with van der Waals surface area (Å²) in [4.78, 5) is 11.7. The first-order valence-electron chi connectivity index (χ1n) is 10.3. The average molecular weight is 438 g/mol. The summed E-state index contributed by atoms with van der Waals surface area (Å²) < 4.78 is 27.8. The molecule has 0 radical (unpaired) electrons. The summed E-state index contributed by atoms with van der Waals surface area (Å²) in [5.41, 5.74) is 3.64. The molecule has 0 unspecified atom stereocenters. The van der Waals surface area contributed by atoms with E-state index in [2.05, 4.69) is 15.3 Å². The van der Waals surface area contributed by atoms with E-state index in [1.54, 1.807) is 10.4 Å². The first kappa shape index (κ1) is 21.3. The highest BCUT2D eigenvalue weighted by molar-refractivity contribution is 7.89. The first-order chi connectivity index (χ1) is 14.8. The van der Waals surface area contributed by atoms with Gasteiger partial charge in [0, 0.05) is 43.6 Å². The molecule has 0 atom stereocenters. The number of aromatic nitrogens is 2. The molecule has 2 aromatic carbocycles. The summed E-state index contributed by atoms with van der Waals surface area (Å²) in [7, 11) is -3.52. The van der Waals surface area contributed by atoms with Crippen molar-refractivity contribution in [3.8, 4) is 0 Å². The van der Waals surface area contributed by atoms with Gasteiger partial charge in [0.05, 0.1) is 4.90 Å². The second-order valence-electron chi connectivity index (χ2n) is 7.85. The second-order valence-corrected chi connectivity index (χ2v) is 9.75. The molecule has 1 aliphatic heterocycles. The van der Waals surface area contributed by atoms with E-state index in [1.165, 1.54) is 0 Å². The Hall–Kier alpha value is -2.97. The van der Waals surface area contributed by atoms with E-state index >= 15 is 0 Å². The molecule has 0 aliphatic carbocycles. The van der Waals surface area contributed by atoms with Crippen LogP contribution in [0.4, 0.5) is 17.5 Å². The van der Waals surface area contributed by atoms with Crippen LogP contribution in [-0.2, 0) is 10.0 Å². The maximum atomic E-state index is 13.1. The number of benzene rings is 2. The van der Waals surface area contributed by atoms with E-state index in [-0.39, 0.29) is 0 Å². The number of sulfonamides is 1. The van der Waals surface area contributed by atoms with Crippen molar-refractivity contribution >= 4 is 27.5 Å². The molecule has 7 nitrogen and oxygen atoms in total. The molecule has 0 amide bonds. The van der Waals surface area contributed by atoms with Crippen molar-refractivity contribution in [2.24, 2.45) is 0 Å². The fourth-order valence-electron chi connectivity index (χ4n) is 3.78. The van der Waals surface area contributed by atoms with Gasteiger partial charge >= 0.3 is 0 Å². The van der Waals surface area contributed by atoms with Crippen molar-refractivity contribution < 1.29 is 8.42 Å². The fraction of sp³-hybridized carbons (Fsp3) is 0.304. The molecule has 2 heterocycles. The lowest BCUT2D eigenvalue weighted by Crippen LogP contribution is -2.49. The highest BCUT2D eigenvalue weighted by Crippen LogP contribution is 2.24. The molecule has 1 saturated heterocycles. The van der Waals surface area contributed by atoms with E-state index < -0.39 is 10.0 Å². The van der Waals surface area contributed by atoms with Gasteiger partial charge in [-0.15, -0.1) is 0 Å². The number of piperazine rings is 1. The molecule has 0 saturated carbocycles. The SMILES string of the molecule is Cc1ccc(S(=O)(=O)N2CCN(c3nc(C)cc(Nc4ccccc4)n3)CC2)c(C)c1. The summed E-state index contributed by atoms with van der Waals surface area (Å²) in [6, 6.07) is 17.2. The predicted molar refractivity (Wildman–Crippen MR) is 123 cm³/mol. The van der Waals surface area contributed by atoms with E-state index in [0.717, 1.165) is 28.3 Å². The van der Waals surface area contributed by atoms with E-state index in [0.29, 0.717) is 37.0 Å². The van der Waals surface area contributed by atoms with Crippen molar-refractivity contribution in [2.45, 2.75) is 25.7 Å². The van der Waals surface area contributed by atoms with Gasteiger partial charge in [-0.3, -0.25) is 0 Å². The van der Waals surface area contributed by atoms with Gasteiger partial charge in [0.1, 0.15) is 5.82 Å². The Morgan fingerprint density at radius 3 is 2.26 bits per heavy atom. The molecule has 8 heteroatoms. The standard InChI is InChI=1S/C23H27N5O2S/c1-17-9-10-21(18(2)15-17)31(29,30)28-13-11-27(12-14-28)23-24-19(3)16-22(26-23)25-20-7-5-4-6-8-20/h4-10,15-16H,11-14H2,1-3H3,(H,24,25,26). The van der Waals surface area contributed by atoms with E-state index in [4.69, 9.17) is 0 Å². The van der Waals surface area contributed by atoms with Gasteiger partial charge in [0.2, 0.25) is 16.0 Å². The van der Waals surface area contributed by atoms with Gasteiger partial charge in [-0.25, -0.2) is 13.4 Å². The van der Waals surface area contributed by atoms with Crippen LogP contribution in [0.2, 0.25) is 0 Å². The maximum Gasteiger partial charge on any atom is 0.243 e. The molecule has 1 N–H and O–H groups in total. The quantitative estimate of drug-likeness (QED) is 0.656. The van der Waals surface area contributed by atoms with Crippen molar-refractivity contribution in [2.75, 3.05) is 36.4 Å². The Morgan fingerprint density at radius 2 is 1.58 bits per heavy atom. The van der Waals surface area contributed by atoms with Gasteiger partial charge in [0.25, 0.3) is 0 Å². The Morgan fingerprint density at radius 1 is 0.871 bits per heavy atom. The molecular formula is C23H27N5O2S. The summed E-state index contributed by atoms with van der Waals surface area (Å²) in [6.45, 7) is 7.62. The Kier molecular flexibility index (Phi) is 5.93. The molecule has 0 bridgehead atoms. The van der Waals surface area contributed by atoms with Crippen LogP contribution in [0.15, 0.2) is 59.5 Å². The zero-order valence-corrected chi connectivity index (χ0v) is 18.9. The number of aryl methyl sites for hydroxylation is 3. The molecule has 1 aliphatic rings. The van der Waals surface area contributed by atoms with Crippen molar-refractivity contribution in [3.05, 3.63) is 71.4 Å². The highest BCUT2D eigenvalue weighted by atomic mass is 32.2. The smallest absolute Gasteiger partial charge is 0.243 e. The molecule has 162 valence electrons. The number of rotatable bonds is 5. The minimum Gasteiger partial charge on any atom is -0.340 e. The summed E-state index contributed by atoms with van der Waals surface area (Å²) in [5.74, 6) is 1.33. The normalized spacial score (nSPS) is 15.1. The van der Waals surface area contributed by atoms with Gasteiger partial charge < -0.3 is 10.2 Å². The van der Waals surface area contributed by atoms with Crippen LogP contribution < -0.4 is 10.2 Å². The monoisotopic (exact) mass is 437 g/mol. The Bertz CT molecular complexity index is 1170. The van der Waals surface area contributed by atoms with Crippen LogP contribution in [-0.4, -0.2) is 48.9 Å². The highest BCUT2D eigenvalue weighted by Gasteiger charge is 2.30. The van der Waals surface area contributed by atoms with Crippen molar-refractivity contribution in [1.82, 2.24) is 14.3 Å². The third kappa shape index (κ3) is 4.70. The van der Waals surface area contributed by atoms with Crippen LogP contribution in [0.25, 0.3) is 0 Å². The minimum atomic E-state index is -3.52. The second kappa shape index (κ2) is 8.64. The van der Waals surface area contributed by atoms with Crippen molar-refractivity contribution in [1.29, 1.82) is 0 Å². The van der Waals surface area contributed by atoms with E-state index in [1.807, 2.05) is 74.2 Å². The van der Waals surface area contributed by atoms with Crippen LogP contribution in [0.5, 0.6) is 0 Å². The summed E-state index contributed by atoms with van der Waals surface area (Å²) in [6.07, 6.45) is 0. The third-order valence-electron chi connectivity index (χ3n) is 5.36. The molecule has 0 spiro atoms. The fourth-order valence-corrected chi connectivity index (χ4v) is 5.41. The molecule has 1 aromatic heterocycles. The zero-order chi connectivity index (χ0) is 22.0. The van der Waals surface area contributed by atoms with Crippen molar-refractivity contribution in [3.63, 3.8) is 0 Å². The molecular weight excluding hydrogens is 410 g/mol. The minimum absolute atomic E-state index is 0.382. The maximum absolute atomic E-state index is 13.1. The number of hydrogen-bond donors (Lipinski definition) is 1. The number of hydrogen-bond acceptors (Lipinski definition) is 6. The van der Waals surface area contributed by atoms with Crippen LogP contribution in [0.1, 0.15) is 16.8 Å². The lowest BCUT2D eigenvalue weighted by molar-refractivity contribution is 0.382. The third-order valence-corrected chi connectivity index (χ3v) is 7.42. The van der Waals surface area contributed by atoms with Gasteiger partial charge in [-0.2, -0.15) is 9.29 Å². The van der Waals surface area contributed by atoms with Crippen LogP contribution in [0.3, 0.4) is 0 Å². The largest absolute Gasteiger partial charge is 0.340 e. The molecule has 1 fully saturated rings. The molecule has 4 rings (SSSR count). The predicted octanol–water partition coefficient (Wildman–Crippen LogP) is 3.66.